The van der Waals surface area contributed by atoms with Gasteiger partial charge in [-0.15, -0.1) is 0 Å². The fourth-order valence-electron chi connectivity index (χ4n) is 1.73. The van der Waals surface area contributed by atoms with Crippen molar-refractivity contribution in [2.24, 2.45) is 0 Å². The van der Waals surface area contributed by atoms with Crippen LogP contribution in [0.4, 0.5) is 0 Å². The monoisotopic (exact) mass is 242 g/mol. The van der Waals surface area contributed by atoms with E-state index >= 15 is 0 Å². The number of methoxy groups -OCH3 is 2. The Morgan fingerprint density at radius 3 is 1.94 bits per heavy atom. The number of benzene rings is 1. The molecule has 90 valence electrons. The van der Waals surface area contributed by atoms with Gasteiger partial charge in [0.15, 0.2) is 0 Å². The zero-order valence-electron chi connectivity index (χ0n) is 9.91. The average molecular weight is 243 g/mol. The molecule has 1 aromatic carbocycles. The van der Waals surface area contributed by atoms with Crippen LogP contribution in [0.25, 0.3) is 0 Å². The van der Waals surface area contributed by atoms with Crippen molar-refractivity contribution in [1.82, 2.24) is 0 Å². The minimum absolute atomic E-state index is 0.483. The minimum Gasteiger partial charge on any atom is -0.385 e. The van der Waals surface area contributed by atoms with Gasteiger partial charge in [-0.05, 0) is 36.5 Å². The molecule has 3 heteroatoms. The number of ether oxygens (including phenoxy) is 2. The third-order valence-electron chi connectivity index (χ3n) is 2.68. The Labute approximate surface area is 103 Å². The van der Waals surface area contributed by atoms with E-state index in [1.165, 1.54) is 5.56 Å². The maximum absolute atomic E-state index is 5.88. The topological polar surface area (TPSA) is 18.5 Å². The third kappa shape index (κ3) is 4.52. The van der Waals surface area contributed by atoms with Gasteiger partial charge in [0.05, 0.1) is 0 Å². The standard InChI is InChI=1S/C13H19ClO2/c1-15-9-7-12(8-10-16-2)11-3-5-13(14)6-4-11/h3-6,12H,7-10H2,1-2H3. The first kappa shape index (κ1) is 13.5. The molecule has 0 heterocycles. The van der Waals surface area contributed by atoms with Crippen molar-refractivity contribution in [3.8, 4) is 0 Å². The van der Waals surface area contributed by atoms with Crippen molar-refractivity contribution in [2.45, 2.75) is 18.8 Å². The predicted octanol–water partition coefficient (Wildman–Crippen LogP) is 3.50. The lowest BCUT2D eigenvalue weighted by atomic mass is 9.93. The Bertz CT molecular complexity index is 276. The summed E-state index contributed by atoms with van der Waals surface area (Å²) in [5.41, 5.74) is 1.30. The lowest BCUT2D eigenvalue weighted by Crippen LogP contribution is -2.06. The molecule has 0 unspecified atom stereocenters. The molecule has 0 atom stereocenters. The summed E-state index contributed by atoms with van der Waals surface area (Å²) in [5.74, 6) is 0.483. The Morgan fingerprint density at radius 1 is 1.00 bits per heavy atom. The highest BCUT2D eigenvalue weighted by Crippen LogP contribution is 2.24. The number of hydrogen-bond acceptors (Lipinski definition) is 2. The first-order valence-electron chi connectivity index (χ1n) is 5.51. The molecule has 0 bridgehead atoms. The van der Waals surface area contributed by atoms with Crippen molar-refractivity contribution < 1.29 is 9.47 Å². The quantitative estimate of drug-likeness (QED) is 0.729. The Kier molecular flexibility index (Phi) is 6.46. The lowest BCUT2D eigenvalue weighted by molar-refractivity contribution is 0.163. The summed E-state index contributed by atoms with van der Waals surface area (Å²) in [7, 11) is 3.46. The fraction of sp³-hybridized carbons (Fsp3) is 0.538. The molecule has 1 aromatic rings. The highest BCUT2D eigenvalue weighted by molar-refractivity contribution is 6.30. The van der Waals surface area contributed by atoms with E-state index in [2.05, 4.69) is 12.1 Å². The van der Waals surface area contributed by atoms with Crippen molar-refractivity contribution in [1.29, 1.82) is 0 Å². The molecule has 0 fully saturated rings. The normalized spacial score (nSPS) is 11.0. The third-order valence-corrected chi connectivity index (χ3v) is 2.93. The van der Waals surface area contributed by atoms with E-state index in [4.69, 9.17) is 21.1 Å². The lowest BCUT2D eigenvalue weighted by Gasteiger charge is -2.16. The second kappa shape index (κ2) is 7.66. The van der Waals surface area contributed by atoms with E-state index in [-0.39, 0.29) is 0 Å². The molecular weight excluding hydrogens is 224 g/mol. The number of rotatable bonds is 7. The average Bonchev–Trinajstić information content (AvgIpc) is 2.31. The highest BCUT2D eigenvalue weighted by atomic mass is 35.5. The van der Waals surface area contributed by atoms with Gasteiger partial charge in [0, 0.05) is 32.5 Å². The molecule has 1 rings (SSSR count). The summed E-state index contributed by atoms with van der Waals surface area (Å²) < 4.78 is 10.3. The first-order chi connectivity index (χ1) is 7.77. The number of halogens is 1. The van der Waals surface area contributed by atoms with Crippen LogP contribution in [0.3, 0.4) is 0 Å². The van der Waals surface area contributed by atoms with E-state index in [9.17, 15) is 0 Å². The van der Waals surface area contributed by atoms with Crippen LogP contribution in [-0.2, 0) is 9.47 Å². The second-order valence-electron chi connectivity index (χ2n) is 3.81. The van der Waals surface area contributed by atoms with Crippen LogP contribution in [-0.4, -0.2) is 27.4 Å². The van der Waals surface area contributed by atoms with Gasteiger partial charge in [-0.1, -0.05) is 23.7 Å². The highest BCUT2D eigenvalue weighted by Gasteiger charge is 2.10. The largest absolute Gasteiger partial charge is 0.385 e. The first-order valence-corrected chi connectivity index (χ1v) is 5.89. The van der Waals surface area contributed by atoms with Gasteiger partial charge in [0.25, 0.3) is 0 Å². The van der Waals surface area contributed by atoms with Gasteiger partial charge in [-0.3, -0.25) is 0 Å². The van der Waals surface area contributed by atoms with Crippen molar-refractivity contribution in [3.63, 3.8) is 0 Å². The van der Waals surface area contributed by atoms with E-state index in [0.29, 0.717) is 5.92 Å². The molecule has 0 aromatic heterocycles. The second-order valence-corrected chi connectivity index (χ2v) is 4.25. The van der Waals surface area contributed by atoms with Gasteiger partial charge in [-0.2, -0.15) is 0 Å². The van der Waals surface area contributed by atoms with E-state index in [1.54, 1.807) is 14.2 Å². The maximum Gasteiger partial charge on any atom is 0.0468 e. The molecular formula is C13H19ClO2. The van der Waals surface area contributed by atoms with Gasteiger partial charge < -0.3 is 9.47 Å². The van der Waals surface area contributed by atoms with Crippen LogP contribution in [0, 0.1) is 0 Å². The van der Waals surface area contributed by atoms with Crippen LogP contribution >= 0.6 is 11.6 Å². The van der Waals surface area contributed by atoms with E-state index in [0.717, 1.165) is 31.1 Å². The zero-order valence-corrected chi connectivity index (χ0v) is 10.7. The van der Waals surface area contributed by atoms with Crippen molar-refractivity contribution in [3.05, 3.63) is 34.9 Å². The summed E-state index contributed by atoms with van der Waals surface area (Å²) in [6, 6.07) is 8.03. The molecule has 0 aliphatic carbocycles. The smallest absolute Gasteiger partial charge is 0.0468 e. The Morgan fingerprint density at radius 2 is 1.50 bits per heavy atom. The summed E-state index contributed by atoms with van der Waals surface area (Å²) >= 11 is 5.88. The SMILES string of the molecule is COCCC(CCOC)c1ccc(Cl)cc1. The van der Waals surface area contributed by atoms with Gasteiger partial charge in [-0.25, -0.2) is 0 Å². The zero-order chi connectivity index (χ0) is 11.8. The predicted molar refractivity (Wildman–Crippen MR) is 67.2 cm³/mol. The van der Waals surface area contributed by atoms with Crippen LogP contribution in [0.5, 0.6) is 0 Å². The van der Waals surface area contributed by atoms with Crippen LogP contribution < -0.4 is 0 Å². The van der Waals surface area contributed by atoms with E-state index in [1.807, 2.05) is 12.1 Å². The van der Waals surface area contributed by atoms with Crippen LogP contribution in [0.15, 0.2) is 24.3 Å². The van der Waals surface area contributed by atoms with Gasteiger partial charge in [0.2, 0.25) is 0 Å². The summed E-state index contributed by atoms with van der Waals surface area (Å²) in [6.07, 6.45) is 2.03. The molecule has 0 aliphatic rings. The molecule has 0 amide bonds. The molecule has 16 heavy (non-hydrogen) atoms. The Balaban J connectivity index is 2.62. The minimum atomic E-state index is 0.483. The van der Waals surface area contributed by atoms with Gasteiger partial charge >= 0.3 is 0 Å². The summed E-state index contributed by atoms with van der Waals surface area (Å²) in [6.45, 7) is 1.55. The molecule has 0 spiro atoms. The Hall–Kier alpha value is -0.570. The number of hydrogen-bond donors (Lipinski definition) is 0. The maximum atomic E-state index is 5.88. The van der Waals surface area contributed by atoms with Crippen molar-refractivity contribution >= 4 is 11.6 Å². The molecule has 2 nitrogen and oxygen atoms in total. The molecule has 0 N–H and O–H groups in total. The van der Waals surface area contributed by atoms with E-state index < -0.39 is 0 Å². The van der Waals surface area contributed by atoms with Crippen LogP contribution in [0.2, 0.25) is 5.02 Å². The molecule has 0 aliphatic heterocycles. The molecule has 0 saturated heterocycles. The van der Waals surface area contributed by atoms with Crippen molar-refractivity contribution in [2.75, 3.05) is 27.4 Å². The fourth-order valence-corrected chi connectivity index (χ4v) is 1.86. The van der Waals surface area contributed by atoms with Gasteiger partial charge in [0.1, 0.15) is 0 Å². The summed E-state index contributed by atoms with van der Waals surface area (Å²) in [5, 5.41) is 0.779. The van der Waals surface area contributed by atoms with Crippen LogP contribution in [0.1, 0.15) is 24.3 Å². The summed E-state index contributed by atoms with van der Waals surface area (Å²) in [4.78, 5) is 0. The molecule has 0 radical (unpaired) electrons. The molecule has 0 saturated carbocycles.